The van der Waals surface area contributed by atoms with Gasteiger partial charge in [-0.1, -0.05) is 18.2 Å². The van der Waals surface area contributed by atoms with Crippen LogP contribution in [0.25, 0.3) is 0 Å². The number of nitrogens with one attached hydrogen (secondary N) is 2. The van der Waals surface area contributed by atoms with Crippen molar-refractivity contribution in [2.45, 2.75) is 18.9 Å². The minimum absolute atomic E-state index is 0.148. The van der Waals surface area contributed by atoms with E-state index in [-0.39, 0.29) is 49.4 Å². The highest BCUT2D eigenvalue weighted by Crippen LogP contribution is 2.37. The number of carbonyl (C=O) groups is 3. The average Bonchev–Trinajstić information content (AvgIpc) is 2.65. The second-order valence-electron chi connectivity index (χ2n) is 6.08. The second kappa shape index (κ2) is 9.28. The predicted molar refractivity (Wildman–Crippen MR) is 92.5 cm³/mol. The minimum Gasteiger partial charge on any atom is -0.383 e. The Kier molecular flexibility index (Phi) is 7.08. The fourth-order valence-corrected chi connectivity index (χ4v) is 3.17. The van der Waals surface area contributed by atoms with Crippen molar-refractivity contribution < 1.29 is 23.5 Å². The lowest BCUT2D eigenvalue weighted by Gasteiger charge is -2.40. The summed E-state index contributed by atoms with van der Waals surface area (Å²) in [6.45, 7) is 0.374. The van der Waals surface area contributed by atoms with Crippen LogP contribution in [0.1, 0.15) is 24.4 Å². The molecule has 1 aromatic carbocycles. The molecule has 0 aliphatic carbocycles. The third-order valence-electron chi connectivity index (χ3n) is 4.51. The number of amides is 3. The standard InChI is InChI=1S/C18H24FN3O4/c1-20-15(23)11-21-18(25)13-7-8-16(24)22(9-10-26-2)17(13)12-5-3-4-6-14(12)19/h3-6,13,17H,7-11H2,1-2H3,(H,20,23)(H,21,25)/t13-,17+/m1/s1. The third-order valence-corrected chi connectivity index (χ3v) is 4.51. The van der Waals surface area contributed by atoms with Gasteiger partial charge in [0.2, 0.25) is 17.7 Å². The van der Waals surface area contributed by atoms with Crippen molar-refractivity contribution in [2.24, 2.45) is 5.92 Å². The summed E-state index contributed by atoms with van der Waals surface area (Å²) in [5.74, 6) is -1.98. The van der Waals surface area contributed by atoms with Crippen LogP contribution < -0.4 is 10.6 Å². The summed E-state index contributed by atoms with van der Waals surface area (Å²) in [7, 11) is 2.99. The van der Waals surface area contributed by atoms with Crippen LogP contribution in [0, 0.1) is 11.7 Å². The number of likely N-dealkylation sites (N-methyl/N-ethyl adjacent to an activating group) is 1. The maximum absolute atomic E-state index is 14.4. The van der Waals surface area contributed by atoms with Gasteiger partial charge in [0.15, 0.2) is 0 Å². The molecule has 1 saturated heterocycles. The van der Waals surface area contributed by atoms with E-state index in [0.717, 1.165) is 0 Å². The summed E-state index contributed by atoms with van der Waals surface area (Å²) >= 11 is 0. The molecule has 1 fully saturated rings. The van der Waals surface area contributed by atoms with E-state index in [4.69, 9.17) is 4.74 Å². The van der Waals surface area contributed by atoms with Crippen LogP contribution in [-0.2, 0) is 19.1 Å². The molecule has 2 N–H and O–H groups in total. The molecule has 1 aliphatic heterocycles. The van der Waals surface area contributed by atoms with Crippen LogP contribution in [-0.4, -0.2) is 56.5 Å². The molecule has 0 saturated carbocycles. The van der Waals surface area contributed by atoms with Crippen LogP contribution in [0.2, 0.25) is 0 Å². The van der Waals surface area contributed by atoms with Gasteiger partial charge in [-0.25, -0.2) is 4.39 Å². The Morgan fingerprint density at radius 2 is 2.08 bits per heavy atom. The van der Waals surface area contributed by atoms with Gasteiger partial charge < -0.3 is 20.3 Å². The molecule has 0 radical (unpaired) electrons. The Morgan fingerprint density at radius 3 is 2.73 bits per heavy atom. The van der Waals surface area contributed by atoms with E-state index in [0.29, 0.717) is 6.42 Å². The normalized spacial score (nSPS) is 20.0. The fourth-order valence-electron chi connectivity index (χ4n) is 3.17. The Morgan fingerprint density at radius 1 is 1.35 bits per heavy atom. The highest BCUT2D eigenvalue weighted by molar-refractivity contribution is 5.88. The van der Waals surface area contributed by atoms with E-state index in [1.807, 2.05) is 0 Å². The number of likely N-dealkylation sites (tertiary alicyclic amines) is 1. The van der Waals surface area contributed by atoms with E-state index in [1.165, 1.54) is 25.1 Å². The van der Waals surface area contributed by atoms with E-state index in [2.05, 4.69) is 10.6 Å². The van der Waals surface area contributed by atoms with Gasteiger partial charge in [0.05, 0.1) is 25.1 Å². The number of rotatable bonds is 7. The van der Waals surface area contributed by atoms with Gasteiger partial charge in [-0.05, 0) is 12.5 Å². The summed E-state index contributed by atoms with van der Waals surface area (Å²) in [5, 5.41) is 5.00. The van der Waals surface area contributed by atoms with Crippen molar-refractivity contribution in [1.29, 1.82) is 0 Å². The van der Waals surface area contributed by atoms with E-state index >= 15 is 0 Å². The summed E-state index contributed by atoms with van der Waals surface area (Å²) in [6.07, 6.45) is 0.480. The smallest absolute Gasteiger partial charge is 0.239 e. The van der Waals surface area contributed by atoms with Crippen molar-refractivity contribution in [2.75, 3.05) is 33.9 Å². The Labute approximate surface area is 151 Å². The van der Waals surface area contributed by atoms with Crippen molar-refractivity contribution in [3.8, 4) is 0 Å². The zero-order valence-electron chi connectivity index (χ0n) is 15.0. The number of nitrogens with zero attached hydrogens (tertiary/aromatic N) is 1. The molecule has 0 aromatic heterocycles. The summed E-state index contributed by atoms with van der Waals surface area (Å²) < 4.78 is 19.5. The molecule has 2 rings (SSSR count). The van der Waals surface area contributed by atoms with Gasteiger partial charge in [0.25, 0.3) is 0 Å². The van der Waals surface area contributed by atoms with Crippen molar-refractivity contribution in [3.63, 3.8) is 0 Å². The highest BCUT2D eigenvalue weighted by Gasteiger charge is 2.41. The molecule has 8 heteroatoms. The molecule has 3 amide bonds. The van der Waals surface area contributed by atoms with Crippen LogP contribution in [0.15, 0.2) is 24.3 Å². The first-order valence-electron chi connectivity index (χ1n) is 8.50. The first kappa shape index (κ1) is 19.8. The van der Waals surface area contributed by atoms with E-state index in [9.17, 15) is 18.8 Å². The zero-order valence-corrected chi connectivity index (χ0v) is 15.0. The van der Waals surface area contributed by atoms with Gasteiger partial charge in [-0.2, -0.15) is 0 Å². The molecule has 1 aromatic rings. The van der Waals surface area contributed by atoms with Gasteiger partial charge in [0, 0.05) is 32.7 Å². The number of piperidine rings is 1. The molecule has 0 bridgehead atoms. The van der Waals surface area contributed by atoms with Gasteiger partial charge in [0.1, 0.15) is 5.82 Å². The number of halogens is 1. The molecular formula is C18H24FN3O4. The fraction of sp³-hybridized carbons (Fsp3) is 0.500. The highest BCUT2D eigenvalue weighted by atomic mass is 19.1. The van der Waals surface area contributed by atoms with Gasteiger partial charge in [-0.15, -0.1) is 0 Å². The molecule has 1 heterocycles. The predicted octanol–water partition coefficient (Wildman–Crippen LogP) is 0.614. The van der Waals surface area contributed by atoms with Crippen LogP contribution in [0.3, 0.4) is 0 Å². The number of ether oxygens (including phenoxy) is 1. The topological polar surface area (TPSA) is 87.7 Å². The molecule has 26 heavy (non-hydrogen) atoms. The molecular weight excluding hydrogens is 341 g/mol. The third kappa shape index (κ3) is 4.57. The van der Waals surface area contributed by atoms with E-state index < -0.39 is 17.8 Å². The van der Waals surface area contributed by atoms with E-state index in [1.54, 1.807) is 18.2 Å². The largest absolute Gasteiger partial charge is 0.383 e. The Bertz CT molecular complexity index is 668. The quantitative estimate of drug-likeness (QED) is 0.741. The van der Waals surface area contributed by atoms with Crippen LogP contribution >= 0.6 is 0 Å². The summed E-state index contributed by atoms with van der Waals surface area (Å²) in [5.41, 5.74) is 0.289. The first-order valence-corrected chi connectivity index (χ1v) is 8.50. The molecule has 0 spiro atoms. The van der Waals surface area contributed by atoms with Crippen LogP contribution in [0.5, 0.6) is 0 Å². The SMILES string of the molecule is CNC(=O)CNC(=O)[C@@H]1CCC(=O)N(CCOC)[C@H]1c1ccccc1F. The second-order valence-corrected chi connectivity index (χ2v) is 6.08. The van der Waals surface area contributed by atoms with Crippen molar-refractivity contribution >= 4 is 17.7 Å². The zero-order chi connectivity index (χ0) is 19.1. The lowest BCUT2D eigenvalue weighted by atomic mass is 9.83. The number of carbonyl (C=O) groups excluding carboxylic acids is 3. The summed E-state index contributed by atoms with van der Waals surface area (Å²) in [6, 6.07) is 5.38. The average molecular weight is 365 g/mol. The van der Waals surface area contributed by atoms with Gasteiger partial charge in [-0.3, -0.25) is 14.4 Å². The van der Waals surface area contributed by atoms with Gasteiger partial charge >= 0.3 is 0 Å². The molecule has 2 atom stereocenters. The maximum Gasteiger partial charge on any atom is 0.239 e. The maximum atomic E-state index is 14.4. The lowest BCUT2D eigenvalue weighted by Crippen LogP contribution is -2.50. The molecule has 7 nitrogen and oxygen atoms in total. The lowest BCUT2D eigenvalue weighted by molar-refractivity contribution is -0.144. The molecule has 0 unspecified atom stereocenters. The van der Waals surface area contributed by atoms with Crippen molar-refractivity contribution in [3.05, 3.63) is 35.6 Å². The summed E-state index contributed by atoms with van der Waals surface area (Å²) in [4.78, 5) is 38.0. The number of benzene rings is 1. The Hall–Kier alpha value is -2.48. The van der Waals surface area contributed by atoms with Crippen molar-refractivity contribution in [1.82, 2.24) is 15.5 Å². The number of methoxy groups -OCH3 is 1. The number of hydrogen-bond acceptors (Lipinski definition) is 4. The Balaban J connectivity index is 2.31. The minimum atomic E-state index is -0.739. The number of hydrogen-bond donors (Lipinski definition) is 2. The molecule has 1 aliphatic rings. The molecule has 142 valence electrons. The monoisotopic (exact) mass is 365 g/mol. The first-order chi connectivity index (χ1) is 12.5. The van der Waals surface area contributed by atoms with Crippen LogP contribution in [0.4, 0.5) is 4.39 Å².